The number of aryl methyl sites for hydroxylation is 1. The number of nitrogens with zero attached hydrogens (tertiary/aromatic N) is 2. The summed E-state index contributed by atoms with van der Waals surface area (Å²) in [6.45, 7) is 4.13. The van der Waals surface area contributed by atoms with Crippen LogP contribution in [0, 0.1) is 6.92 Å². The Kier molecular flexibility index (Phi) is 3.91. The summed E-state index contributed by atoms with van der Waals surface area (Å²) in [5, 5.41) is 4.44. The highest BCUT2D eigenvalue weighted by Gasteiger charge is 2.11. The average Bonchev–Trinajstić information content (AvgIpc) is 2.84. The van der Waals surface area contributed by atoms with Gasteiger partial charge in [0.15, 0.2) is 11.5 Å². The fourth-order valence-corrected chi connectivity index (χ4v) is 2.81. The minimum atomic E-state index is 0.663. The third kappa shape index (κ3) is 2.97. The van der Waals surface area contributed by atoms with Crippen LogP contribution in [0.1, 0.15) is 17.5 Å². The second-order valence-electron chi connectivity index (χ2n) is 5.93. The normalized spacial score (nSPS) is 13.5. The van der Waals surface area contributed by atoms with Gasteiger partial charge in [0.25, 0.3) is 0 Å². The molecular weight excluding hydrogens is 302 g/mol. The Hall–Kier alpha value is -2.82. The van der Waals surface area contributed by atoms with E-state index in [0.29, 0.717) is 19.8 Å². The van der Waals surface area contributed by atoms with Crippen molar-refractivity contribution in [2.45, 2.75) is 19.9 Å². The lowest BCUT2D eigenvalue weighted by Gasteiger charge is -2.11. The van der Waals surface area contributed by atoms with E-state index in [0.717, 1.165) is 40.2 Å². The van der Waals surface area contributed by atoms with Crippen molar-refractivity contribution in [2.24, 2.45) is 0 Å². The van der Waals surface area contributed by atoms with E-state index in [4.69, 9.17) is 9.47 Å². The van der Waals surface area contributed by atoms with Crippen molar-refractivity contribution >= 4 is 16.7 Å². The molecule has 1 aliphatic heterocycles. The van der Waals surface area contributed by atoms with Crippen LogP contribution in [0.15, 0.2) is 42.7 Å². The van der Waals surface area contributed by atoms with Gasteiger partial charge < -0.3 is 14.8 Å². The van der Waals surface area contributed by atoms with E-state index in [1.807, 2.05) is 18.2 Å². The van der Waals surface area contributed by atoms with Gasteiger partial charge in [-0.05, 0) is 36.8 Å². The van der Waals surface area contributed by atoms with Crippen LogP contribution in [0.3, 0.4) is 0 Å². The summed E-state index contributed by atoms with van der Waals surface area (Å²) in [6, 6.07) is 12.2. The summed E-state index contributed by atoms with van der Waals surface area (Å²) in [6.07, 6.45) is 2.50. The third-order valence-corrected chi connectivity index (χ3v) is 4.06. The van der Waals surface area contributed by atoms with E-state index in [9.17, 15) is 0 Å². The van der Waals surface area contributed by atoms with Crippen molar-refractivity contribution in [3.05, 3.63) is 53.9 Å². The van der Waals surface area contributed by atoms with Crippen LogP contribution in [-0.2, 0) is 6.54 Å². The van der Waals surface area contributed by atoms with Crippen LogP contribution in [-0.4, -0.2) is 23.2 Å². The number of anilines is 1. The first-order valence-electron chi connectivity index (χ1n) is 8.13. The summed E-state index contributed by atoms with van der Waals surface area (Å²) in [5.41, 5.74) is 3.26. The zero-order valence-electron chi connectivity index (χ0n) is 13.6. The minimum absolute atomic E-state index is 0.663. The molecule has 4 rings (SSSR count). The molecular formula is C19H19N3O2. The second-order valence-corrected chi connectivity index (χ2v) is 5.93. The molecule has 0 atom stereocenters. The Morgan fingerprint density at radius 2 is 1.88 bits per heavy atom. The standard InChI is InChI=1S/C19H19N3O2/c1-13-3-5-16-15(9-13)19(22-12-21-16)20-11-14-4-6-17-18(10-14)24-8-2-7-23-17/h3-6,9-10,12H,2,7-8,11H2,1H3,(H,20,21,22). The van der Waals surface area contributed by atoms with Gasteiger partial charge in [-0.25, -0.2) is 9.97 Å². The van der Waals surface area contributed by atoms with Crippen LogP contribution in [0.25, 0.3) is 10.9 Å². The van der Waals surface area contributed by atoms with Crippen molar-refractivity contribution in [2.75, 3.05) is 18.5 Å². The molecule has 1 aromatic heterocycles. The molecule has 1 aliphatic rings. The zero-order valence-corrected chi connectivity index (χ0v) is 13.6. The number of benzene rings is 2. The van der Waals surface area contributed by atoms with E-state index in [-0.39, 0.29) is 0 Å². The SMILES string of the molecule is Cc1ccc2ncnc(NCc3ccc4c(c3)OCCCO4)c2c1. The van der Waals surface area contributed by atoms with Crippen molar-refractivity contribution in [1.82, 2.24) is 9.97 Å². The van der Waals surface area contributed by atoms with Crippen LogP contribution >= 0.6 is 0 Å². The van der Waals surface area contributed by atoms with Crippen LogP contribution < -0.4 is 14.8 Å². The Morgan fingerprint density at radius 1 is 1.00 bits per heavy atom. The Balaban J connectivity index is 1.57. The van der Waals surface area contributed by atoms with E-state index in [1.165, 1.54) is 5.56 Å². The Morgan fingerprint density at radius 3 is 2.79 bits per heavy atom. The van der Waals surface area contributed by atoms with E-state index < -0.39 is 0 Å². The number of fused-ring (bicyclic) bond motifs is 2. The van der Waals surface area contributed by atoms with E-state index in [2.05, 4.69) is 40.4 Å². The minimum Gasteiger partial charge on any atom is -0.490 e. The zero-order chi connectivity index (χ0) is 16.4. The molecule has 2 heterocycles. The molecule has 0 saturated carbocycles. The summed E-state index contributed by atoms with van der Waals surface area (Å²) >= 11 is 0. The molecule has 3 aromatic rings. The number of ether oxygens (including phenoxy) is 2. The first-order valence-corrected chi connectivity index (χ1v) is 8.13. The molecule has 0 radical (unpaired) electrons. The summed E-state index contributed by atoms with van der Waals surface area (Å²) in [5.74, 6) is 2.48. The van der Waals surface area contributed by atoms with Gasteiger partial charge in [-0.15, -0.1) is 0 Å². The number of hydrogen-bond acceptors (Lipinski definition) is 5. The highest BCUT2D eigenvalue weighted by atomic mass is 16.5. The molecule has 0 unspecified atom stereocenters. The van der Waals surface area contributed by atoms with Gasteiger partial charge in [0.05, 0.1) is 18.7 Å². The molecule has 122 valence electrons. The topological polar surface area (TPSA) is 56.3 Å². The summed E-state index contributed by atoms with van der Waals surface area (Å²) in [4.78, 5) is 8.71. The molecule has 2 aromatic carbocycles. The molecule has 0 bridgehead atoms. The summed E-state index contributed by atoms with van der Waals surface area (Å²) in [7, 11) is 0. The third-order valence-electron chi connectivity index (χ3n) is 4.06. The molecule has 0 saturated heterocycles. The lowest BCUT2D eigenvalue weighted by molar-refractivity contribution is 0.297. The highest BCUT2D eigenvalue weighted by Crippen LogP contribution is 2.30. The van der Waals surface area contributed by atoms with Gasteiger partial charge >= 0.3 is 0 Å². The molecule has 5 heteroatoms. The van der Waals surface area contributed by atoms with Gasteiger partial charge in [0.2, 0.25) is 0 Å². The predicted octanol–water partition coefficient (Wildman–Crippen LogP) is 3.71. The van der Waals surface area contributed by atoms with Crippen LogP contribution in [0.4, 0.5) is 5.82 Å². The second kappa shape index (κ2) is 6.35. The number of aromatic nitrogens is 2. The number of nitrogens with one attached hydrogen (secondary N) is 1. The van der Waals surface area contributed by atoms with Crippen molar-refractivity contribution < 1.29 is 9.47 Å². The fourth-order valence-electron chi connectivity index (χ4n) is 2.81. The average molecular weight is 321 g/mol. The van der Waals surface area contributed by atoms with Gasteiger partial charge in [-0.1, -0.05) is 17.7 Å². The van der Waals surface area contributed by atoms with E-state index in [1.54, 1.807) is 6.33 Å². The van der Waals surface area contributed by atoms with E-state index >= 15 is 0 Å². The quantitative estimate of drug-likeness (QED) is 0.797. The molecule has 0 amide bonds. The van der Waals surface area contributed by atoms with Gasteiger partial charge in [0, 0.05) is 18.4 Å². The fraction of sp³-hybridized carbons (Fsp3) is 0.263. The molecule has 5 nitrogen and oxygen atoms in total. The lowest BCUT2D eigenvalue weighted by atomic mass is 10.1. The van der Waals surface area contributed by atoms with Gasteiger partial charge in [-0.2, -0.15) is 0 Å². The highest BCUT2D eigenvalue weighted by molar-refractivity contribution is 5.89. The Bertz CT molecular complexity index is 880. The van der Waals surface area contributed by atoms with Crippen molar-refractivity contribution in [3.63, 3.8) is 0 Å². The van der Waals surface area contributed by atoms with Crippen molar-refractivity contribution in [1.29, 1.82) is 0 Å². The molecule has 24 heavy (non-hydrogen) atoms. The Labute approximate surface area is 140 Å². The van der Waals surface area contributed by atoms with Crippen LogP contribution in [0.2, 0.25) is 0 Å². The maximum atomic E-state index is 5.75. The molecule has 1 N–H and O–H groups in total. The maximum absolute atomic E-state index is 5.75. The molecule has 0 aliphatic carbocycles. The van der Waals surface area contributed by atoms with Gasteiger partial charge in [-0.3, -0.25) is 0 Å². The largest absolute Gasteiger partial charge is 0.490 e. The summed E-state index contributed by atoms with van der Waals surface area (Å²) < 4.78 is 11.4. The lowest BCUT2D eigenvalue weighted by Crippen LogP contribution is -2.03. The first kappa shape index (κ1) is 14.8. The predicted molar refractivity (Wildman–Crippen MR) is 93.7 cm³/mol. The monoisotopic (exact) mass is 321 g/mol. The molecule has 0 fully saturated rings. The van der Waals surface area contributed by atoms with Crippen molar-refractivity contribution in [3.8, 4) is 11.5 Å². The first-order chi connectivity index (χ1) is 11.8. The smallest absolute Gasteiger partial charge is 0.161 e. The van der Waals surface area contributed by atoms with Gasteiger partial charge in [0.1, 0.15) is 12.1 Å². The number of hydrogen-bond donors (Lipinski definition) is 1. The molecule has 0 spiro atoms. The maximum Gasteiger partial charge on any atom is 0.161 e. The van der Waals surface area contributed by atoms with Crippen LogP contribution in [0.5, 0.6) is 11.5 Å². The number of rotatable bonds is 3.